The molecule has 0 aromatic heterocycles. The van der Waals surface area contributed by atoms with E-state index in [0.29, 0.717) is 23.2 Å². The Kier molecular flexibility index (Phi) is 5.62. The highest BCUT2D eigenvalue weighted by molar-refractivity contribution is 5.66. The summed E-state index contributed by atoms with van der Waals surface area (Å²) >= 11 is 0. The van der Waals surface area contributed by atoms with Gasteiger partial charge in [0.2, 0.25) is 0 Å². The van der Waals surface area contributed by atoms with Crippen LogP contribution >= 0.6 is 0 Å². The Labute approximate surface area is 214 Å². The lowest BCUT2D eigenvalue weighted by Gasteiger charge is -2.71. The fraction of sp³-hybridized carbons (Fsp3) is 0.875. The molecule has 5 rings (SSSR count). The average Bonchev–Trinajstić information content (AvgIpc) is 2.76. The number of allylic oxidation sites excluding steroid dienone is 2. The van der Waals surface area contributed by atoms with Crippen molar-refractivity contribution in [1.82, 2.24) is 0 Å². The van der Waals surface area contributed by atoms with E-state index in [1.807, 2.05) is 0 Å². The minimum Gasteiger partial charge on any atom is -0.462 e. The highest BCUT2D eigenvalue weighted by atomic mass is 16.5. The summed E-state index contributed by atoms with van der Waals surface area (Å²) in [5.74, 6) is 1.49. The molecule has 0 aliphatic heterocycles. The van der Waals surface area contributed by atoms with Crippen molar-refractivity contribution < 1.29 is 14.3 Å². The first kappa shape index (κ1) is 25.5. The van der Waals surface area contributed by atoms with E-state index in [1.165, 1.54) is 25.5 Å². The number of rotatable bonds is 2. The van der Waals surface area contributed by atoms with Crippen LogP contribution in [0.15, 0.2) is 11.6 Å². The van der Waals surface area contributed by atoms with Gasteiger partial charge in [-0.2, -0.15) is 0 Å². The highest BCUT2D eigenvalue weighted by Crippen LogP contribution is 2.75. The molecule has 4 fully saturated rings. The average molecular weight is 483 g/mol. The van der Waals surface area contributed by atoms with Crippen LogP contribution in [0, 0.1) is 50.2 Å². The molecule has 0 heterocycles. The van der Waals surface area contributed by atoms with E-state index in [0.717, 1.165) is 44.9 Å². The van der Waals surface area contributed by atoms with Crippen LogP contribution in [-0.4, -0.2) is 18.4 Å². The van der Waals surface area contributed by atoms with Gasteiger partial charge in [0.25, 0.3) is 0 Å². The summed E-state index contributed by atoms with van der Waals surface area (Å²) in [5, 5.41) is 0. The topological polar surface area (TPSA) is 43.4 Å². The summed E-state index contributed by atoms with van der Waals surface area (Å²) < 4.78 is 5.89. The molecule has 0 bridgehead atoms. The van der Waals surface area contributed by atoms with E-state index in [9.17, 15) is 9.59 Å². The number of hydrogen-bond acceptors (Lipinski definition) is 3. The molecular weight excluding hydrogens is 432 g/mol. The summed E-state index contributed by atoms with van der Waals surface area (Å²) in [5.41, 5.74) is 2.51. The second kappa shape index (κ2) is 7.70. The third-order valence-electron chi connectivity index (χ3n) is 13.2. The predicted octanol–water partition coefficient (Wildman–Crippen LogP) is 7.92. The summed E-state index contributed by atoms with van der Waals surface area (Å²) in [6.07, 6.45) is 15.4. The third kappa shape index (κ3) is 3.34. The normalized spacial score (nSPS) is 49.9. The lowest BCUT2D eigenvalue weighted by Crippen LogP contribution is -2.65. The molecular formula is C32H50O3. The summed E-state index contributed by atoms with van der Waals surface area (Å²) in [6.45, 7) is 18.9. The Bertz CT molecular complexity index is 944. The zero-order chi connectivity index (χ0) is 25.7. The number of aldehydes is 1. The molecule has 3 heteroatoms. The first-order valence-corrected chi connectivity index (χ1v) is 14.5. The maximum absolute atomic E-state index is 12.6. The summed E-state index contributed by atoms with van der Waals surface area (Å²) in [7, 11) is 0. The molecule has 35 heavy (non-hydrogen) atoms. The Balaban J connectivity index is 1.54. The second-order valence-corrected chi connectivity index (χ2v) is 15.5. The van der Waals surface area contributed by atoms with E-state index >= 15 is 0 Å². The molecule has 5 aliphatic carbocycles. The first-order valence-electron chi connectivity index (χ1n) is 14.5. The number of ether oxygens (including phenoxy) is 1. The Morgan fingerprint density at radius 1 is 0.914 bits per heavy atom. The van der Waals surface area contributed by atoms with Gasteiger partial charge >= 0.3 is 5.97 Å². The molecule has 5 aliphatic rings. The van der Waals surface area contributed by atoms with E-state index in [4.69, 9.17) is 4.74 Å². The van der Waals surface area contributed by atoms with Crippen molar-refractivity contribution in [2.45, 2.75) is 126 Å². The van der Waals surface area contributed by atoms with E-state index in [2.05, 4.69) is 54.5 Å². The zero-order valence-electron chi connectivity index (χ0n) is 23.8. The number of carbonyl (C=O) groups excluding carboxylic acids is 2. The molecule has 0 unspecified atom stereocenters. The van der Waals surface area contributed by atoms with Crippen LogP contribution < -0.4 is 0 Å². The molecule has 196 valence electrons. The molecule has 0 amide bonds. The van der Waals surface area contributed by atoms with Gasteiger partial charge < -0.3 is 9.53 Å². The zero-order valence-corrected chi connectivity index (χ0v) is 23.8. The molecule has 8 atom stereocenters. The van der Waals surface area contributed by atoms with Crippen LogP contribution in [0.1, 0.15) is 120 Å². The maximum Gasteiger partial charge on any atom is 0.302 e. The summed E-state index contributed by atoms with van der Waals surface area (Å²) in [6, 6.07) is 0. The van der Waals surface area contributed by atoms with Gasteiger partial charge in [-0.15, -0.1) is 0 Å². The van der Waals surface area contributed by atoms with Crippen molar-refractivity contribution in [1.29, 1.82) is 0 Å². The van der Waals surface area contributed by atoms with E-state index < -0.39 is 0 Å². The second-order valence-electron chi connectivity index (χ2n) is 15.5. The molecule has 0 aromatic carbocycles. The molecule has 0 aromatic rings. The van der Waals surface area contributed by atoms with Crippen molar-refractivity contribution in [3.63, 3.8) is 0 Å². The molecule has 0 radical (unpaired) electrons. The van der Waals surface area contributed by atoms with Gasteiger partial charge in [-0.05, 0) is 104 Å². The lowest BCUT2D eigenvalue weighted by atomic mass is 9.33. The van der Waals surface area contributed by atoms with Crippen molar-refractivity contribution in [2.75, 3.05) is 0 Å². The van der Waals surface area contributed by atoms with Crippen molar-refractivity contribution in [2.24, 2.45) is 50.2 Å². The lowest BCUT2D eigenvalue weighted by molar-refractivity contribution is -0.211. The smallest absolute Gasteiger partial charge is 0.302 e. The minimum absolute atomic E-state index is 0.00245. The third-order valence-corrected chi connectivity index (χ3v) is 13.2. The van der Waals surface area contributed by atoms with E-state index in [1.54, 1.807) is 12.5 Å². The Hall–Kier alpha value is -1.12. The largest absolute Gasteiger partial charge is 0.462 e. The monoisotopic (exact) mass is 482 g/mol. The van der Waals surface area contributed by atoms with Crippen molar-refractivity contribution >= 4 is 12.3 Å². The fourth-order valence-electron chi connectivity index (χ4n) is 10.9. The van der Waals surface area contributed by atoms with Crippen LogP contribution in [0.2, 0.25) is 0 Å². The van der Waals surface area contributed by atoms with Crippen LogP contribution in [0.25, 0.3) is 0 Å². The number of hydrogen-bond donors (Lipinski definition) is 0. The molecule has 0 saturated heterocycles. The molecule has 0 N–H and O–H groups in total. The van der Waals surface area contributed by atoms with Gasteiger partial charge in [-0.1, -0.05) is 60.1 Å². The Morgan fingerprint density at radius 2 is 1.60 bits per heavy atom. The van der Waals surface area contributed by atoms with Gasteiger partial charge in [0.05, 0.1) is 0 Å². The van der Waals surface area contributed by atoms with Crippen LogP contribution in [-0.2, 0) is 14.3 Å². The van der Waals surface area contributed by atoms with Gasteiger partial charge in [0.15, 0.2) is 0 Å². The SMILES string of the molecule is CC(=O)O[C@H]1CC[C@]2(C)[C@H]3CC=C4[C@H]5CC(C)(C)CC[C@]5(C=O)CC[C@@]4(C)[C@]3(C)CC[C@H]2C1(C)C. The number of carbonyl (C=O) groups is 2. The maximum atomic E-state index is 12.6. The van der Waals surface area contributed by atoms with Crippen LogP contribution in [0.4, 0.5) is 0 Å². The fourth-order valence-corrected chi connectivity index (χ4v) is 10.9. The van der Waals surface area contributed by atoms with Crippen molar-refractivity contribution in [3.05, 3.63) is 11.6 Å². The molecule has 4 saturated carbocycles. The minimum atomic E-state index is -0.138. The molecule has 3 nitrogen and oxygen atoms in total. The summed E-state index contributed by atoms with van der Waals surface area (Å²) in [4.78, 5) is 24.5. The quantitative estimate of drug-likeness (QED) is 0.228. The molecule has 0 spiro atoms. The van der Waals surface area contributed by atoms with Gasteiger partial charge in [0, 0.05) is 17.8 Å². The first-order chi connectivity index (χ1) is 16.2. The van der Waals surface area contributed by atoms with Gasteiger partial charge in [0.1, 0.15) is 12.4 Å². The Morgan fingerprint density at radius 3 is 2.26 bits per heavy atom. The number of fused-ring (bicyclic) bond motifs is 7. The van der Waals surface area contributed by atoms with Crippen LogP contribution in [0.5, 0.6) is 0 Å². The highest BCUT2D eigenvalue weighted by Gasteiger charge is 2.68. The van der Waals surface area contributed by atoms with Crippen LogP contribution in [0.3, 0.4) is 0 Å². The van der Waals surface area contributed by atoms with Crippen molar-refractivity contribution in [3.8, 4) is 0 Å². The number of esters is 1. The predicted molar refractivity (Wildman–Crippen MR) is 141 cm³/mol. The van der Waals surface area contributed by atoms with E-state index in [-0.39, 0.29) is 39.1 Å². The standard InChI is InChI=1S/C32H50O3/c1-21(34)35-26-12-13-29(6)24(28(26,4)5)11-14-31(8)25(29)10-9-22-23-19-27(2,3)15-17-32(23,20-33)18-16-30(22,31)7/h9,20,23-26H,10-19H2,1-8H3/t23-,24+,25-,26+,29+,30-,31-,32-/m1/s1. The van der Waals surface area contributed by atoms with Gasteiger partial charge in [-0.3, -0.25) is 4.79 Å². The van der Waals surface area contributed by atoms with Gasteiger partial charge in [-0.25, -0.2) is 0 Å².